The van der Waals surface area contributed by atoms with Crippen LogP contribution < -0.4 is 0 Å². The lowest BCUT2D eigenvalue weighted by Gasteiger charge is -2.11. The molecule has 0 saturated carbocycles. The first-order valence-electron chi connectivity index (χ1n) is 3.80. The predicted octanol–water partition coefficient (Wildman–Crippen LogP) is 1.26. The van der Waals surface area contributed by atoms with Gasteiger partial charge >= 0.3 is 0 Å². The Hall–Kier alpha value is -0.830. The van der Waals surface area contributed by atoms with E-state index >= 15 is 0 Å². The van der Waals surface area contributed by atoms with E-state index in [1.165, 1.54) is 0 Å². The Balaban J connectivity index is 3.07. The van der Waals surface area contributed by atoms with Gasteiger partial charge in [0.2, 0.25) is 0 Å². The van der Waals surface area contributed by atoms with Crippen LogP contribution in [0.2, 0.25) is 0 Å². The van der Waals surface area contributed by atoms with Gasteiger partial charge in [-0.05, 0) is 20.8 Å². The third-order valence-electron chi connectivity index (χ3n) is 1.72. The third kappa shape index (κ3) is 1.43. The van der Waals surface area contributed by atoms with Gasteiger partial charge in [-0.25, -0.2) is 4.98 Å². The van der Waals surface area contributed by atoms with Crippen molar-refractivity contribution in [3.63, 3.8) is 0 Å². The van der Waals surface area contributed by atoms with E-state index in [9.17, 15) is 0 Å². The molecule has 0 aliphatic rings. The van der Waals surface area contributed by atoms with Crippen LogP contribution in [0.15, 0.2) is 6.20 Å². The van der Waals surface area contributed by atoms with Crippen molar-refractivity contribution in [2.45, 2.75) is 33.4 Å². The lowest BCUT2D eigenvalue weighted by Crippen LogP contribution is -2.07. The second-order valence-electron chi connectivity index (χ2n) is 2.94. The smallest absolute Gasteiger partial charge is 0.134 e. The maximum atomic E-state index is 8.90. The summed E-state index contributed by atoms with van der Waals surface area (Å²) in [6, 6.07) is 0.375. The maximum absolute atomic E-state index is 8.90. The number of aryl methyl sites for hydroxylation is 1. The summed E-state index contributed by atoms with van der Waals surface area (Å²) in [5.74, 6) is 0.748. The molecule has 11 heavy (non-hydrogen) atoms. The molecule has 0 spiro atoms. The summed E-state index contributed by atoms with van der Waals surface area (Å²) in [4.78, 5) is 4.07. The Morgan fingerprint density at radius 2 is 2.27 bits per heavy atom. The van der Waals surface area contributed by atoms with Crippen molar-refractivity contribution in [1.82, 2.24) is 9.55 Å². The molecular formula is C8H14N2O. The molecular weight excluding hydrogens is 140 g/mol. The Bertz CT molecular complexity index is 240. The van der Waals surface area contributed by atoms with E-state index in [1.807, 2.05) is 11.5 Å². The summed E-state index contributed by atoms with van der Waals surface area (Å²) in [7, 11) is 0. The first-order valence-corrected chi connectivity index (χ1v) is 3.80. The molecule has 1 aromatic heterocycles. The van der Waals surface area contributed by atoms with Crippen LogP contribution in [0.5, 0.6) is 0 Å². The fourth-order valence-corrected chi connectivity index (χ4v) is 1.32. The zero-order valence-corrected chi connectivity index (χ0v) is 7.20. The highest BCUT2D eigenvalue weighted by atomic mass is 16.3. The molecule has 0 unspecified atom stereocenters. The van der Waals surface area contributed by atoms with Crippen molar-refractivity contribution in [3.8, 4) is 0 Å². The van der Waals surface area contributed by atoms with Gasteiger partial charge < -0.3 is 9.67 Å². The second-order valence-corrected chi connectivity index (χ2v) is 2.94. The van der Waals surface area contributed by atoms with Gasteiger partial charge in [0.05, 0.1) is 0 Å². The highest BCUT2D eigenvalue weighted by molar-refractivity contribution is 5.03. The maximum Gasteiger partial charge on any atom is 0.134 e. The molecule has 0 amide bonds. The van der Waals surface area contributed by atoms with Gasteiger partial charge in [0, 0.05) is 17.9 Å². The molecule has 0 bridgehead atoms. The number of hydrogen-bond donors (Lipinski definition) is 1. The number of aliphatic hydroxyl groups is 1. The third-order valence-corrected chi connectivity index (χ3v) is 1.72. The molecule has 3 heteroatoms. The van der Waals surface area contributed by atoms with Gasteiger partial charge in [0.15, 0.2) is 0 Å². The minimum atomic E-state index is 0.0199. The quantitative estimate of drug-likeness (QED) is 0.696. The molecule has 62 valence electrons. The van der Waals surface area contributed by atoms with Crippen molar-refractivity contribution in [1.29, 1.82) is 0 Å². The molecule has 0 atom stereocenters. The average Bonchev–Trinajstić information content (AvgIpc) is 2.30. The van der Waals surface area contributed by atoms with Crippen molar-refractivity contribution >= 4 is 0 Å². The molecule has 0 radical (unpaired) electrons. The molecule has 1 N–H and O–H groups in total. The molecule has 0 aliphatic heterocycles. The van der Waals surface area contributed by atoms with Gasteiger partial charge in [-0.3, -0.25) is 0 Å². The van der Waals surface area contributed by atoms with E-state index in [4.69, 9.17) is 5.11 Å². The summed E-state index contributed by atoms with van der Waals surface area (Å²) in [5, 5.41) is 8.90. The number of hydrogen-bond acceptors (Lipinski definition) is 2. The lowest BCUT2D eigenvalue weighted by atomic mass is 10.3. The summed E-state index contributed by atoms with van der Waals surface area (Å²) in [6.45, 7) is 6.17. The summed E-state index contributed by atoms with van der Waals surface area (Å²) in [6.07, 6.45) is 1.78. The van der Waals surface area contributed by atoms with Gasteiger partial charge in [-0.15, -0.1) is 0 Å². The molecule has 0 aliphatic carbocycles. The molecule has 1 aromatic rings. The lowest BCUT2D eigenvalue weighted by molar-refractivity contribution is 0.262. The van der Waals surface area contributed by atoms with Crippen LogP contribution in [0.3, 0.4) is 0 Å². The first kappa shape index (κ1) is 8.27. The van der Waals surface area contributed by atoms with Gasteiger partial charge in [0.25, 0.3) is 0 Å². The van der Waals surface area contributed by atoms with Crippen LogP contribution in [0, 0.1) is 6.92 Å². The highest BCUT2D eigenvalue weighted by Gasteiger charge is 2.07. The van der Waals surface area contributed by atoms with Crippen LogP contribution in [-0.2, 0) is 6.61 Å². The van der Waals surface area contributed by atoms with Crippen molar-refractivity contribution in [3.05, 3.63) is 17.7 Å². The minimum Gasteiger partial charge on any atom is -0.388 e. The zero-order valence-electron chi connectivity index (χ0n) is 7.20. The topological polar surface area (TPSA) is 38.1 Å². The van der Waals surface area contributed by atoms with Crippen molar-refractivity contribution in [2.24, 2.45) is 0 Å². The number of imidazole rings is 1. The van der Waals surface area contributed by atoms with Crippen LogP contribution >= 0.6 is 0 Å². The second kappa shape index (κ2) is 3.05. The normalized spacial score (nSPS) is 11.0. The van der Waals surface area contributed by atoms with E-state index in [-0.39, 0.29) is 6.61 Å². The first-order chi connectivity index (χ1) is 5.16. The molecule has 0 saturated heterocycles. The van der Waals surface area contributed by atoms with E-state index in [1.54, 1.807) is 6.20 Å². The SMILES string of the molecule is Cc1cnc(CO)n1C(C)C. The van der Waals surface area contributed by atoms with Gasteiger partial charge in [-0.1, -0.05) is 0 Å². The fraction of sp³-hybridized carbons (Fsp3) is 0.625. The summed E-state index contributed by atoms with van der Waals surface area (Å²) in [5.41, 5.74) is 1.10. The monoisotopic (exact) mass is 154 g/mol. The van der Waals surface area contributed by atoms with Gasteiger partial charge in [-0.2, -0.15) is 0 Å². The van der Waals surface area contributed by atoms with E-state index in [0.717, 1.165) is 11.5 Å². The number of aromatic nitrogens is 2. The standard InChI is InChI=1S/C8H14N2O/c1-6(2)10-7(3)4-9-8(10)5-11/h4,6,11H,5H2,1-3H3. The Labute approximate surface area is 66.7 Å². The number of aliphatic hydroxyl groups excluding tert-OH is 1. The van der Waals surface area contributed by atoms with Crippen LogP contribution in [-0.4, -0.2) is 14.7 Å². The minimum absolute atomic E-state index is 0.0199. The molecule has 1 rings (SSSR count). The number of nitrogens with zero attached hydrogens (tertiary/aromatic N) is 2. The van der Waals surface area contributed by atoms with E-state index < -0.39 is 0 Å². The summed E-state index contributed by atoms with van der Waals surface area (Å²) >= 11 is 0. The van der Waals surface area contributed by atoms with Crippen molar-refractivity contribution in [2.75, 3.05) is 0 Å². The molecule has 0 aromatic carbocycles. The summed E-state index contributed by atoms with van der Waals surface area (Å²) < 4.78 is 2.03. The fourth-order valence-electron chi connectivity index (χ4n) is 1.32. The van der Waals surface area contributed by atoms with E-state index in [2.05, 4.69) is 18.8 Å². The van der Waals surface area contributed by atoms with E-state index in [0.29, 0.717) is 6.04 Å². The Kier molecular flexibility index (Phi) is 2.29. The average molecular weight is 154 g/mol. The van der Waals surface area contributed by atoms with Crippen LogP contribution in [0.4, 0.5) is 0 Å². The molecule has 0 fully saturated rings. The molecule has 3 nitrogen and oxygen atoms in total. The van der Waals surface area contributed by atoms with Crippen LogP contribution in [0.25, 0.3) is 0 Å². The van der Waals surface area contributed by atoms with Crippen LogP contribution in [0.1, 0.15) is 31.4 Å². The molecule has 1 heterocycles. The zero-order chi connectivity index (χ0) is 8.43. The largest absolute Gasteiger partial charge is 0.388 e. The highest BCUT2D eigenvalue weighted by Crippen LogP contribution is 2.12. The predicted molar refractivity (Wildman–Crippen MR) is 43.3 cm³/mol. The number of rotatable bonds is 2. The van der Waals surface area contributed by atoms with Crippen molar-refractivity contribution < 1.29 is 5.11 Å². The van der Waals surface area contributed by atoms with Gasteiger partial charge in [0.1, 0.15) is 12.4 Å². The Morgan fingerprint density at radius 3 is 2.64 bits per heavy atom. The Morgan fingerprint density at radius 1 is 1.64 bits per heavy atom.